The average Bonchev–Trinajstić information content (AvgIpc) is 2.37. The Morgan fingerprint density at radius 3 is 2.14 bits per heavy atom. The highest BCUT2D eigenvalue weighted by Crippen LogP contribution is 2.13. The van der Waals surface area contributed by atoms with Crippen LogP contribution in [0.3, 0.4) is 0 Å². The second-order valence-electron chi connectivity index (χ2n) is 4.09. The molecule has 0 aliphatic carbocycles. The number of sulfone groups is 1. The number of carboxylic acids is 1. The molecule has 10 heteroatoms. The lowest BCUT2D eigenvalue weighted by Crippen LogP contribution is -2.28. The van der Waals surface area contributed by atoms with Crippen molar-refractivity contribution in [2.75, 3.05) is 26.0 Å². The summed E-state index contributed by atoms with van der Waals surface area (Å²) in [6.45, 7) is -0.693. The molecule has 0 spiro atoms. The average molecular weight is 337 g/mol. The van der Waals surface area contributed by atoms with Crippen molar-refractivity contribution >= 4 is 25.8 Å². The van der Waals surface area contributed by atoms with E-state index in [2.05, 4.69) is 9.46 Å². The van der Waals surface area contributed by atoms with Crippen molar-refractivity contribution < 1.29 is 31.5 Å². The lowest BCUT2D eigenvalue weighted by Gasteiger charge is -2.07. The summed E-state index contributed by atoms with van der Waals surface area (Å²) in [6.07, 6.45) is 1.02. The second kappa shape index (κ2) is 6.98. The summed E-state index contributed by atoms with van der Waals surface area (Å²) in [4.78, 5) is 10.1. The molecule has 0 heterocycles. The normalized spacial score (nSPS) is 12.2. The van der Waals surface area contributed by atoms with Gasteiger partial charge in [-0.3, -0.25) is 0 Å². The van der Waals surface area contributed by atoms with Crippen molar-refractivity contribution in [1.82, 2.24) is 4.72 Å². The Balaban J connectivity index is 2.64. The van der Waals surface area contributed by atoms with Crippen LogP contribution in [0.4, 0.5) is 0 Å². The first kappa shape index (κ1) is 17.6. The molecule has 0 saturated carbocycles. The molecule has 0 saturated heterocycles. The SMILES string of the molecule is CS(=O)(=O)c1ccc(S(=O)(=O)NCCOCC(=O)O)cc1. The predicted molar refractivity (Wildman–Crippen MR) is 73.2 cm³/mol. The summed E-state index contributed by atoms with van der Waals surface area (Å²) in [5.74, 6) is -1.14. The van der Waals surface area contributed by atoms with E-state index in [1.807, 2.05) is 0 Å². The number of aliphatic carboxylic acids is 1. The minimum Gasteiger partial charge on any atom is -0.480 e. The van der Waals surface area contributed by atoms with Gasteiger partial charge in [0.05, 0.1) is 16.4 Å². The third-order valence-corrected chi connectivity index (χ3v) is 4.93. The van der Waals surface area contributed by atoms with Gasteiger partial charge in [-0.1, -0.05) is 0 Å². The Bertz CT molecular complexity index is 693. The lowest BCUT2D eigenvalue weighted by atomic mass is 10.4. The molecule has 0 atom stereocenters. The Labute approximate surface area is 122 Å². The second-order valence-corrected chi connectivity index (χ2v) is 7.87. The fraction of sp³-hybridized carbons (Fsp3) is 0.364. The predicted octanol–water partition coefficient (Wildman–Crippen LogP) is -0.530. The van der Waals surface area contributed by atoms with E-state index >= 15 is 0 Å². The number of rotatable bonds is 8. The summed E-state index contributed by atoms with van der Waals surface area (Å²) in [5.41, 5.74) is 0. The number of sulfonamides is 1. The van der Waals surface area contributed by atoms with E-state index in [4.69, 9.17) is 5.11 Å². The first-order valence-corrected chi connectivity index (χ1v) is 9.10. The number of benzene rings is 1. The fourth-order valence-corrected chi connectivity index (χ4v) is 3.00. The highest BCUT2D eigenvalue weighted by Gasteiger charge is 2.15. The molecule has 0 aliphatic heterocycles. The van der Waals surface area contributed by atoms with Crippen LogP contribution >= 0.6 is 0 Å². The minimum atomic E-state index is -3.80. The maximum atomic E-state index is 11.9. The molecule has 0 aliphatic rings. The summed E-state index contributed by atoms with van der Waals surface area (Å²) in [6, 6.07) is 4.75. The van der Waals surface area contributed by atoms with Gasteiger partial charge in [-0.05, 0) is 24.3 Å². The first-order valence-electron chi connectivity index (χ1n) is 5.72. The molecule has 21 heavy (non-hydrogen) atoms. The van der Waals surface area contributed by atoms with Gasteiger partial charge in [-0.25, -0.2) is 26.4 Å². The fourth-order valence-electron chi connectivity index (χ4n) is 1.36. The molecule has 1 aromatic rings. The van der Waals surface area contributed by atoms with E-state index in [1.54, 1.807) is 0 Å². The van der Waals surface area contributed by atoms with Crippen LogP contribution in [0.1, 0.15) is 0 Å². The van der Waals surface area contributed by atoms with E-state index in [-0.39, 0.29) is 22.9 Å². The molecule has 0 aromatic heterocycles. The molecule has 2 N–H and O–H groups in total. The van der Waals surface area contributed by atoms with Crippen molar-refractivity contribution in [2.24, 2.45) is 0 Å². The smallest absolute Gasteiger partial charge is 0.329 e. The van der Waals surface area contributed by atoms with Crippen LogP contribution in [0.25, 0.3) is 0 Å². The number of nitrogens with one attached hydrogen (secondary N) is 1. The molecule has 0 bridgehead atoms. The number of hydrogen-bond acceptors (Lipinski definition) is 6. The molecule has 0 unspecified atom stereocenters. The van der Waals surface area contributed by atoms with Crippen molar-refractivity contribution in [3.8, 4) is 0 Å². The monoisotopic (exact) mass is 337 g/mol. The molecule has 1 rings (SSSR count). The van der Waals surface area contributed by atoms with Crippen LogP contribution in [0, 0.1) is 0 Å². The van der Waals surface area contributed by atoms with Crippen molar-refractivity contribution in [2.45, 2.75) is 9.79 Å². The Kier molecular flexibility index (Phi) is 5.84. The molecular weight excluding hydrogens is 322 g/mol. The Morgan fingerprint density at radius 2 is 1.67 bits per heavy atom. The first-order chi connectivity index (χ1) is 9.63. The van der Waals surface area contributed by atoms with Gasteiger partial charge in [0.15, 0.2) is 9.84 Å². The Morgan fingerprint density at radius 1 is 1.14 bits per heavy atom. The number of carbonyl (C=O) groups is 1. The molecule has 1 aromatic carbocycles. The molecule has 0 fully saturated rings. The lowest BCUT2D eigenvalue weighted by molar-refractivity contribution is -0.142. The topological polar surface area (TPSA) is 127 Å². The van der Waals surface area contributed by atoms with Crippen LogP contribution in [0.15, 0.2) is 34.1 Å². The largest absolute Gasteiger partial charge is 0.480 e. The molecule has 0 radical (unpaired) electrons. The van der Waals surface area contributed by atoms with Gasteiger partial charge in [0.25, 0.3) is 0 Å². The highest BCUT2D eigenvalue weighted by molar-refractivity contribution is 7.90. The molecule has 118 valence electrons. The number of carboxylic acid groups (broad SMARTS) is 1. The third-order valence-electron chi connectivity index (χ3n) is 2.33. The van der Waals surface area contributed by atoms with Gasteiger partial charge >= 0.3 is 5.97 Å². The zero-order valence-corrected chi connectivity index (χ0v) is 12.8. The van der Waals surface area contributed by atoms with Gasteiger partial charge in [-0.15, -0.1) is 0 Å². The van der Waals surface area contributed by atoms with Gasteiger partial charge in [0, 0.05) is 12.8 Å². The van der Waals surface area contributed by atoms with Crippen LogP contribution in [0.2, 0.25) is 0 Å². The molecular formula is C11H15NO7S2. The molecule has 0 amide bonds. The van der Waals surface area contributed by atoms with Crippen molar-refractivity contribution in [1.29, 1.82) is 0 Å². The van der Waals surface area contributed by atoms with Crippen LogP contribution in [-0.4, -0.2) is 53.9 Å². The zero-order chi connectivity index (χ0) is 16.1. The van der Waals surface area contributed by atoms with Gasteiger partial charge < -0.3 is 9.84 Å². The van der Waals surface area contributed by atoms with Crippen molar-refractivity contribution in [3.05, 3.63) is 24.3 Å². The summed E-state index contributed by atoms with van der Waals surface area (Å²) < 4.78 is 53.1. The quantitative estimate of drug-likeness (QED) is 0.610. The number of hydrogen-bond donors (Lipinski definition) is 2. The van der Waals surface area contributed by atoms with Crippen molar-refractivity contribution in [3.63, 3.8) is 0 Å². The van der Waals surface area contributed by atoms with E-state index in [1.165, 1.54) is 24.3 Å². The van der Waals surface area contributed by atoms with E-state index in [0.29, 0.717) is 0 Å². The van der Waals surface area contributed by atoms with E-state index in [0.717, 1.165) is 6.26 Å². The zero-order valence-electron chi connectivity index (χ0n) is 11.1. The minimum absolute atomic E-state index is 0.0197. The van der Waals surface area contributed by atoms with Crippen LogP contribution in [0.5, 0.6) is 0 Å². The van der Waals surface area contributed by atoms with E-state index in [9.17, 15) is 21.6 Å². The number of ether oxygens (including phenoxy) is 1. The Hall–Kier alpha value is -1.49. The standard InChI is InChI=1S/C11H15NO7S2/c1-20(15,16)9-2-4-10(5-3-9)21(17,18)12-6-7-19-8-11(13)14/h2-5,12H,6-8H2,1H3,(H,13,14). The maximum absolute atomic E-state index is 11.9. The molecule has 8 nitrogen and oxygen atoms in total. The van der Waals surface area contributed by atoms with Crippen LogP contribution < -0.4 is 4.72 Å². The maximum Gasteiger partial charge on any atom is 0.329 e. The van der Waals surface area contributed by atoms with E-state index < -0.39 is 32.4 Å². The summed E-state index contributed by atoms with van der Waals surface area (Å²) in [5, 5.41) is 8.33. The third kappa shape index (κ3) is 5.79. The summed E-state index contributed by atoms with van der Waals surface area (Å²) in [7, 11) is -7.18. The summed E-state index contributed by atoms with van der Waals surface area (Å²) >= 11 is 0. The van der Waals surface area contributed by atoms with Crippen LogP contribution in [-0.2, 0) is 29.4 Å². The van der Waals surface area contributed by atoms with Gasteiger partial charge in [0.2, 0.25) is 10.0 Å². The highest BCUT2D eigenvalue weighted by atomic mass is 32.2. The van der Waals surface area contributed by atoms with Gasteiger partial charge in [0.1, 0.15) is 6.61 Å². The van der Waals surface area contributed by atoms with Gasteiger partial charge in [-0.2, -0.15) is 0 Å².